The molecule has 0 aromatic heterocycles. The lowest BCUT2D eigenvalue weighted by Gasteiger charge is -2.24. The molecule has 2 nitrogen and oxygen atoms in total. The Hall–Kier alpha value is -1.02. The highest BCUT2D eigenvalue weighted by atomic mass is 35.5. The average molecular weight is 266 g/mol. The van der Waals surface area contributed by atoms with Crippen LogP contribution in [0.2, 0.25) is 0 Å². The van der Waals surface area contributed by atoms with Crippen LogP contribution in [0, 0.1) is 0 Å². The predicted octanol–water partition coefficient (Wildman–Crippen LogP) is 3.19. The normalized spacial score (nSPS) is 18.2. The van der Waals surface area contributed by atoms with Crippen LogP contribution in [0.15, 0.2) is 30.3 Å². The van der Waals surface area contributed by atoms with Crippen LogP contribution in [0.25, 0.3) is 0 Å². The summed E-state index contributed by atoms with van der Waals surface area (Å²) in [4.78, 5) is 14.4. The molecule has 1 aliphatic rings. The first kappa shape index (κ1) is 13.4. The number of hydrogen-bond acceptors (Lipinski definition) is 1. The minimum atomic E-state index is -0.244. The molecule has 1 aromatic rings. The maximum Gasteiger partial charge on any atom is 0.232 e. The molecule has 0 aliphatic heterocycles. The number of alkyl halides is 1. The molecule has 1 atom stereocenters. The number of halogens is 1. The minimum absolute atomic E-state index is 0.118. The number of nitrogens with zero attached hydrogens (tertiary/aromatic N) is 1. The highest BCUT2D eigenvalue weighted by Crippen LogP contribution is 2.49. The van der Waals surface area contributed by atoms with E-state index in [-0.39, 0.29) is 16.7 Å². The van der Waals surface area contributed by atoms with E-state index in [4.69, 9.17) is 11.6 Å². The molecule has 18 heavy (non-hydrogen) atoms. The smallest absolute Gasteiger partial charge is 0.232 e. The molecule has 0 saturated heterocycles. The summed E-state index contributed by atoms with van der Waals surface area (Å²) in [6.07, 6.45) is 2.78. The highest BCUT2D eigenvalue weighted by molar-refractivity contribution is 6.20. The first-order chi connectivity index (χ1) is 8.56. The number of likely N-dealkylation sites (N-methyl/N-ethyl adjacent to an activating group) is 1. The molecule has 0 bridgehead atoms. The quantitative estimate of drug-likeness (QED) is 0.749. The van der Waals surface area contributed by atoms with Crippen LogP contribution >= 0.6 is 11.6 Å². The van der Waals surface area contributed by atoms with Crippen LogP contribution < -0.4 is 0 Å². The van der Waals surface area contributed by atoms with Gasteiger partial charge < -0.3 is 4.90 Å². The van der Waals surface area contributed by atoms with Crippen LogP contribution in [-0.2, 0) is 10.2 Å². The van der Waals surface area contributed by atoms with E-state index in [2.05, 4.69) is 12.1 Å². The third-order valence-corrected chi connectivity index (χ3v) is 3.91. The summed E-state index contributed by atoms with van der Waals surface area (Å²) in [5.74, 6) is 0.242. The lowest BCUT2D eigenvalue weighted by molar-refractivity contribution is -0.132. The fourth-order valence-electron chi connectivity index (χ4n) is 2.35. The summed E-state index contributed by atoms with van der Waals surface area (Å²) in [5, 5.41) is 0.118. The lowest BCUT2D eigenvalue weighted by Crippen LogP contribution is -2.37. The number of rotatable bonds is 5. The van der Waals surface area contributed by atoms with Gasteiger partial charge >= 0.3 is 0 Å². The molecule has 0 N–H and O–H groups in total. The number of carbonyl (C=O) groups excluding carboxylic acids is 1. The van der Waals surface area contributed by atoms with E-state index in [1.54, 1.807) is 0 Å². The molecule has 1 aliphatic carbocycles. The van der Waals surface area contributed by atoms with Crippen molar-refractivity contribution in [2.75, 3.05) is 13.6 Å². The van der Waals surface area contributed by atoms with Gasteiger partial charge in [0.2, 0.25) is 5.91 Å². The van der Waals surface area contributed by atoms with E-state index < -0.39 is 0 Å². The van der Waals surface area contributed by atoms with Crippen LogP contribution in [0.5, 0.6) is 0 Å². The van der Waals surface area contributed by atoms with Gasteiger partial charge in [0, 0.05) is 19.0 Å². The zero-order valence-corrected chi connectivity index (χ0v) is 11.8. The van der Waals surface area contributed by atoms with E-state index >= 15 is 0 Å². The lowest BCUT2D eigenvalue weighted by atomic mass is 9.94. The molecular formula is C15H20ClNO. The largest absolute Gasteiger partial charge is 0.345 e. The molecule has 1 unspecified atom stereocenters. The van der Waals surface area contributed by atoms with Crippen molar-refractivity contribution in [3.05, 3.63) is 35.9 Å². The van der Waals surface area contributed by atoms with Gasteiger partial charge in [0.05, 0.1) is 5.41 Å². The van der Waals surface area contributed by atoms with Crippen molar-refractivity contribution in [2.45, 2.75) is 37.0 Å². The second-order valence-electron chi connectivity index (χ2n) is 5.24. The number of carbonyl (C=O) groups is 1. The van der Waals surface area contributed by atoms with E-state index in [9.17, 15) is 4.79 Å². The summed E-state index contributed by atoms with van der Waals surface area (Å²) < 4.78 is 0. The standard InChI is InChI=1S/C15H20ClNO/c1-12(16)8-11-17(2)14(18)15(9-10-15)13-6-4-3-5-7-13/h3-7,12H,8-11H2,1-2H3. The summed E-state index contributed by atoms with van der Waals surface area (Å²) in [6.45, 7) is 2.70. The number of hydrogen-bond donors (Lipinski definition) is 0. The Labute approximate surface area is 114 Å². The molecule has 1 aromatic carbocycles. The van der Waals surface area contributed by atoms with Crippen molar-refractivity contribution in [3.63, 3.8) is 0 Å². The van der Waals surface area contributed by atoms with Gasteiger partial charge in [0.15, 0.2) is 0 Å². The van der Waals surface area contributed by atoms with Crippen LogP contribution in [0.4, 0.5) is 0 Å². The van der Waals surface area contributed by atoms with Gasteiger partial charge in [-0.2, -0.15) is 0 Å². The predicted molar refractivity (Wildman–Crippen MR) is 74.9 cm³/mol. The van der Waals surface area contributed by atoms with E-state index in [0.717, 1.165) is 31.4 Å². The molecule has 1 saturated carbocycles. The van der Waals surface area contributed by atoms with E-state index in [0.29, 0.717) is 0 Å². The Morgan fingerprint density at radius 1 is 1.39 bits per heavy atom. The monoisotopic (exact) mass is 265 g/mol. The van der Waals surface area contributed by atoms with Gasteiger partial charge in [-0.25, -0.2) is 0 Å². The zero-order valence-electron chi connectivity index (χ0n) is 11.0. The van der Waals surface area contributed by atoms with Crippen LogP contribution in [-0.4, -0.2) is 29.8 Å². The Bertz CT molecular complexity index is 412. The molecule has 1 amide bonds. The molecule has 0 radical (unpaired) electrons. The minimum Gasteiger partial charge on any atom is -0.345 e. The SMILES string of the molecule is CC(Cl)CCN(C)C(=O)C1(c2ccccc2)CC1. The Morgan fingerprint density at radius 2 is 2.00 bits per heavy atom. The fraction of sp³-hybridized carbons (Fsp3) is 0.533. The van der Waals surface area contributed by atoms with Crippen molar-refractivity contribution < 1.29 is 4.79 Å². The van der Waals surface area contributed by atoms with Gasteiger partial charge in [-0.15, -0.1) is 11.6 Å². The van der Waals surface area contributed by atoms with Crippen molar-refractivity contribution in [3.8, 4) is 0 Å². The molecule has 0 heterocycles. The Morgan fingerprint density at radius 3 is 2.50 bits per heavy atom. The third kappa shape index (κ3) is 2.69. The van der Waals surface area contributed by atoms with E-state index in [1.165, 1.54) is 0 Å². The Balaban J connectivity index is 2.05. The summed E-state index contributed by atoms with van der Waals surface area (Å²) in [5.41, 5.74) is 0.909. The van der Waals surface area contributed by atoms with Crippen molar-refractivity contribution >= 4 is 17.5 Å². The summed E-state index contributed by atoms with van der Waals surface area (Å²) in [7, 11) is 1.88. The average Bonchev–Trinajstić information content (AvgIpc) is 3.17. The first-order valence-corrected chi connectivity index (χ1v) is 6.95. The van der Waals surface area contributed by atoms with Crippen molar-refractivity contribution in [1.82, 2.24) is 4.90 Å². The van der Waals surface area contributed by atoms with Gasteiger partial charge in [-0.3, -0.25) is 4.79 Å². The fourth-order valence-corrected chi connectivity index (χ4v) is 2.44. The van der Waals surface area contributed by atoms with Gasteiger partial charge in [0.25, 0.3) is 0 Å². The van der Waals surface area contributed by atoms with E-state index in [1.807, 2.05) is 37.1 Å². The summed E-state index contributed by atoms with van der Waals surface area (Å²) >= 11 is 5.94. The third-order valence-electron chi connectivity index (χ3n) is 3.69. The van der Waals surface area contributed by atoms with Crippen LogP contribution in [0.1, 0.15) is 31.7 Å². The Kier molecular flexibility index (Phi) is 3.96. The van der Waals surface area contributed by atoms with Gasteiger partial charge in [-0.1, -0.05) is 30.3 Å². The first-order valence-electron chi connectivity index (χ1n) is 6.51. The van der Waals surface area contributed by atoms with Gasteiger partial charge in [-0.05, 0) is 31.7 Å². The number of benzene rings is 1. The topological polar surface area (TPSA) is 20.3 Å². The number of amides is 1. The molecule has 3 heteroatoms. The van der Waals surface area contributed by atoms with Gasteiger partial charge in [0.1, 0.15) is 0 Å². The maximum absolute atomic E-state index is 12.5. The molecule has 98 valence electrons. The second-order valence-corrected chi connectivity index (χ2v) is 5.99. The van der Waals surface area contributed by atoms with Crippen LogP contribution in [0.3, 0.4) is 0 Å². The highest BCUT2D eigenvalue weighted by Gasteiger charge is 2.52. The van der Waals surface area contributed by atoms with Crippen molar-refractivity contribution in [2.24, 2.45) is 0 Å². The molecule has 2 rings (SSSR count). The summed E-state index contributed by atoms with van der Waals surface area (Å²) in [6, 6.07) is 10.1. The van der Waals surface area contributed by atoms with Crippen molar-refractivity contribution in [1.29, 1.82) is 0 Å². The molecular weight excluding hydrogens is 246 g/mol. The zero-order chi connectivity index (χ0) is 13.2. The molecule has 0 spiro atoms. The molecule has 1 fully saturated rings. The second kappa shape index (κ2) is 5.31. The maximum atomic E-state index is 12.5.